The first-order valence-electron chi connectivity index (χ1n) is 10.3. The van der Waals surface area contributed by atoms with Crippen molar-refractivity contribution >= 4 is 29.9 Å². The molecule has 1 aromatic carbocycles. The summed E-state index contributed by atoms with van der Waals surface area (Å²) in [4.78, 5) is 7.23. The van der Waals surface area contributed by atoms with E-state index < -0.39 is 0 Å². The fourth-order valence-corrected chi connectivity index (χ4v) is 3.42. The third-order valence-corrected chi connectivity index (χ3v) is 5.01. The van der Waals surface area contributed by atoms with Crippen LogP contribution >= 0.6 is 24.0 Å². The number of piperidine rings is 1. The number of hydrogen-bond donors (Lipinski definition) is 3. The molecule has 0 saturated carbocycles. The molecule has 0 aromatic heterocycles. The predicted molar refractivity (Wildman–Crippen MR) is 129 cm³/mol. The molecule has 1 saturated heterocycles. The zero-order valence-corrected chi connectivity index (χ0v) is 20.3. The van der Waals surface area contributed by atoms with E-state index in [1.54, 1.807) is 20.3 Å². The van der Waals surface area contributed by atoms with Gasteiger partial charge in [-0.25, -0.2) is 0 Å². The van der Waals surface area contributed by atoms with Gasteiger partial charge in [-0.3, -0.25) is 4.99 Å². The standard InChI is InChI=1S/C21H36N4O3.HI/c1-4-22-21(23-11-8-17-6-7-19(26)20(16-17)28-3)24-18-9-13-25(14-10-18)12-5-15-27-2;/h6-7,16,18,26H,4-5,8-15H2,1-3H3,(H2,22,23,24);1H. The van der Waals surface area contributed by atoms with Crippen molar-refractivity contribution in [2.24, 2.45) is 4.99 Å². The van der Waals surface area contributed by atoms with Crippen molar-refractivity contribution in [3.63, 3.8) is 0 Å². The Bertz CT molecular complexity index is 608. The van der Waals surface area contributed by atoms with E-state index in [1.807, 2.05) is 12.1 Å². The number of hydrogen-bond acceptors (Lipinski definition) is 5. The number of ether oxygens (including phenoxy) is 2. The summed E-state index contributed by atoms with van der Waals surface area (Å²) in [5.74, 6) is 1.55. The largest absolute Gasteiger partial charge is 0.504 e. The van der Waals surface area contributed by atoms with Crippen LogP contribution in [-0.2, 0) is 11.2 Å². The second-order valence-electron chi connectivity index (χ2n) is 7.12. The molecule has 166 valence electrons. The van der Waals surface area contributed by atoms with Gasteiger partial charge in [-0.15, -0.1) is 24.0 Å². The fraction of sp³-hybridized carbons (Fsp3) is 0.667. The van der Waals surface area contributed by atoms with Crippen molar-refractivity contribution in [1.29, 1.82) is 0 Å². The highest BCUT2D eigenvalue weighted by Crippen LogP contribution is 2.26. The molecule has 2 rings (SSSR count). The number of methoxy groups -OCH3 is 2. The van der Waals surface area contributed by atoms with Crippen LogP contribution in [0.15, 0.2) is 23.2 Å². The second kappa shape index (κ2) is 14.7. The lowest BCUT2D eigenvalue weighted by Gasteiger charge is -2.33. The van der Waals surface area contributed by atoms with Crippen molar-refractivity contribution < 1.29 is 14.6 Å². The van der Waals surface area contributed by atoms with Crippen LogP contribution < -0.4 is 15.4 Å². The van der Waals surface area contributed by atoms with Crippen molar-refractivity contribution in [1.82, 2.24) is 15.5 Å². The molecule has 0 spiro atoms. The van der Waals surface area contributed by atoms with Gasteiger partial charge in [0, 0.05) is 52.5 Å². The van der Waals surface area contributed by atoms with Gasteiger partial charge in [0.15, 0.2) is 17.5 Å². The van der Waals surface area contributed by atoms with Crippen LogP contribution in [0, 0.1) is 0 Å². The van der Waals surface area contributed by atoms with Gasteiger partial charge in [-0.1, -0.05) is 6.07 Å². The molecule has 0 unspecified atom stereocenters. The van der Waals surface area contributed by atoms with E-state index in [1.165, 1.54) is 0 Å². The SMILES string of the molecule is CCNC(=NCCc1ccc(O)c(OC)c1)NC1CCN(CCCOC)CC1.I. The normalized spacial score (nSPS) is 15.6. The minimum Gasteiger partial charge on any atom is -0.504 e. The lowest BCUT2D eigenvalue weighted by Crippen LogP contribution is -2.49. The molecule has 8 heteroatoms. The Balaban J connectivity index is 0.00000420. The second-order valence-corrected chi connectivity index (χ2v) is 7.12. The number of benzene rings is 1. The first-order valence-corrected chi connectivity index (χ1v) is 10.3. The molecule has 1 aliphatic rings. The highest BCUT2D eigenvalue weighted by molar-refractivity contribution is 14.0. The third-order valence-electron chi connectivity index (χ3n) is 5.01. The van der Waals surface area contributed by atoms with Crippen LogP contribution in [0.25, 0.3) is 0 Å². The Morgan fingerprint density at radius 2 is 2.03 bits per heavy atom. The Morgan fingerprint density at radius 1 is 1.28 bits per heavy atom. The monoisotopic (exact) mass is 520 g/mol. The number of guanidine groups is 1. The smallest absolute Gasteiger partial charge is 0.191 e. The summed E-state index contributed by atoms with van der Waals surface area (Å²) in [6.45, 7) is 7.80. The molecule has 0 atom stereocenters. The van der Waals surface area contributed by atoms with Crippen molar-refractivity contribution in [2.45, 2.75) is 38.6 Å². The Labute approximate surface area is 192 Å². The first-order chi connectivity index (χ1) is 13.7. The maximum atomic E-state index is 9.70. The average Bonchev–Trinajstić information content (AvgIpc) is 2.71. The fourth-order valence-electron chi connectivity index (χ4n) is 3.42. The molecule has 1 aliphatic heterocycles. The van der Waals surface area contributed by atoms with E-state index >= 15 is 0 Å². The molecule has 0 amide bonds. The highest BCUT2D eigenvalue weighted by atomic mass is 127. The van der Waals surface area contributed by atoms with Gasteiger partial charge in [-0.05, 0) is 50.3 Å². The predicted octanol–water partition coefficient (Wildman–Crippen LogP) is 2.62. The van der Waals surface area contributed by atoms with Gasteiger partial charge in [0.2, 0.25) is 0 Å². The van der Waals surface area contributed by atoms with Gasteiger partial charge < -0.3 is 30.1 Å². The summed E-state index contributed by atoms with van der Waals surface area (Å²) in [6, 6.07) is 5.91. The van der Waals surface area contributed by atoms with Crippen LogP contribution in [0.5, 0.6) is 11.5 Å². The summed E-state index contributed by atoms with van der Waals surface area (Å²) in [6.07, 6.45) is 4.16. The molecular weight excluding hydrogens is 483 g/mol. The van der Waals surface area contributed by atoms with Crippen LogP contribution in [0.1, 0.15) is 31.7 Å². The number of aliphatic imine (C=N–C) groups is 1. The minimum absolute atomic E-state index is 0. The Morgan fingerprint density at radius 3 is 2.69 bits per heavy atom. The molecule has 7 nitrogen and oxygen atoms in total. The molecule has 0 bridgehead atoms. The number of phenols is 1. The number of aromatic hydroxyl groups is 1. The van der Waals surface area contributed by atoms with Crippen molar-refractivity contribution in [2.75, 3.05) is 53.6 Å². The maximum Gasteiger partial charge on any atom is 0.191 e. The van der Waals surface area contributed by atoms with Crippen LogP contribution in [-0.4, -0.2) is 75.6 Å². The van der Waals surface area contributed by atoms with Gasteiger partial charge in [0.1, 0.15) is 0 Å². The summed E-state index contributed by atoms with van der Waals surface area (Å²) >= 11 is 0. The number of likely N-dealkylation sites (tertiary alicyclic amines) is 1. The average molecular weight is 520 g/mol. The van der Waals surface area contributed by atoms with Crippen LogP contribution in [0.2, 0.25) is 0 Å². The molecule has 1 aromatic rings. The molecule has 1 fully saturated rings. The van der Waals surface area contributed by atoms with Gasteiger partial charge >= 0.3 is 0 Å². The van der Waals surface area contributed by atoms with Crippen molar-refractivity contribution in [3.8, 4) is 11.5 Å². The van der Waals surface area contributed by atoms with E-state index in [4.69, 9.17) is 14.5 Å². The minimum atomic E-state index is 0. The van der Waals surface area contributed by atoms with Crippen LogP contribution in [0.3, 0.4) is 0 Å². The van der Waals surface area contributed by atoms with E-state index in [-0.39, 0.29) is 29.7 Å². The number of halogens is 1. The Hall–Kier alpha value is -1.26. The lowest BCUT2D eigenvalue weighted by molar-refractivity contribution is 0.155. The van der Waals surface area contributed by atoms with E-state index in [0.717, 1.165) is 70.0 Å². The lowest BCUT2D eigenvalue weighted by atomic mass is 10.1. The first kappa shape index (κ1) is 25.8. The summed E-state index contributed by atoms with van der Waals surface area (Å²) in [5, 5.41) is 16.6. The van der Waals surface area contributed by atoms with Gasteiger partial charge in [0.05, 0.1) is 7.11 Å². The zero-order chi connectivity index (χ0) is 20.2. The summed E-state index contributed by atoms with van der Waals surface area (Å²) in [7, 11) is 3.32. The molecule has 1 heterocycles. The number of nitrogens with zero attached hydrogens (tertiary/aromatic N) is 2. The molecule has 0 aliphatic carbocycles. The molecule has 0 radical (unpaired) electrons. The van der Waals surface area contributed by atoms with Gasteiger partial charge in [0.25, 0.3) is 0 Å². The quantitative estimate of drug-likeness (QED) is 0.191. The topological polar surface area (TPSA) is 78.4 Å². The van der Waals surface area contributed by atoms with E-state index in [0.29, 0.717) is 18.3 Å². The zero-order valence-electron chi connectivity index (χ0n) is 17.9. The van der Waals surface area contributed by atoms with Gasteiger partial charge in [-0.2, -0.15) is 0 Å². The van der Waals surface area contributed by atoms with Crippen molar-refractivity contribution in [3.05, 3.63) is 23.8 Å². The van der Waals surface area contributed by atoms with E-state index in [2.05, 4.69) is 22.5 Å². The van der Waals surface area contributed by atoms with E-state index in [9.17, 15) is 5.11 Å². The number of nitrogens with one attached hydrogen (secondary N) is 2. The summed E-state index contributed by atoms with van der Waals surface area (Å²) in [5.41, 5.74) is 1.10. The Kier molecular flexibility index (Phi) is 13.0. The molecule has 29 heavy (non-hydrogen) atoms. The number of rotatable bonds is 10. The highest BCUT2D eigenvalue weighted by Gasteiger charge is 2.19. The maximum absolute atomic E-state index is 9.70. The summed E-state index contributed by atoms with van der Waals surface area (Å²) < 4.78 is 10.3. The van der Waals surface area contributed by atoms with Crippen LogP contribution in [0.4, 0.5) is 0 Å². The molecule has 3 N–H and O–H groups in total. The third kappa shape index (κ3) is 9.39. The molecular formula is C21H37IN4O3. The number of phenolic OH excluding ortho intramolecular Hbond substituents is 1.